The lowest BCUT2D eigenvalue weighted by atomic mass is 10.1. The molecule has 0 aliphatic carbocycles. The van der Waals surface area contributed by atoms with Crippen molar-refractivity contribution >= 4 is 11.6 Å². The van der Waals surface area contributed by atoms with Gasteiger partial charge in [-0.25, -0.2) is 4.98 Å². The zero-order chi connectivity index (χ0) is 17.1. The predicted molar refractivity (Wildman–Crippen MR) is 93.2 cm³/mol. The van der Waals surface area contributed by atoms with Gasteiger partial charge in [-0.3, -0.25) is 4.79 Å². The van der Waals surface area contributed by atoms with Crippen molar-refractivity contribution in [3.05, 3.63) is 72.3 Å². The Hall–Kier alpha value is -3.28. The Morgan fingerprint density at radius 3 is 2.64 bits per heavy atom. The number of fused-ring (bicyclic) bond motifs is 1. The summed E-state index contributed by atoms with van der Waals surface area (Å²) in [5, 5.41) is 2.88. The summed E-state index contributed by atoms with van der Waals surface area (Å²) in [6.45, 7) is 1.79. The van der Waals surface area contributed by atoms with Crippen LogP contribution in [0.25, 0.3) is 0 Å². The molecule has 25 heavy (non-hydrogen) atoms. The Labute approximate surface area is 145 Å². The number of hydrogen-bond acceptors (Lipinski definition) is 4. The topological polar surface area (TPSA) is 65.4 Å². The molecule has 1 aliphatic rings. The highest BCUT2D eigenvalue weighted by Gasteiger charge is 2.13. The van der Waals surface area contributed by atoms with Crippen molar-refractivity contribution in [2.45, 2.75) is 6.54 Å². The van der Waals surface area contributed by atoms with Crippen molar-refractivity contribution in [2.24, 2.45) is 0 Å². The van der Waals surface area contributed by atoms with Crippen LogP contribution in [0.5, 0.6) is 11.5 Å². The van der Waals surface area contributed by atoms with Gasteiger partial charge in [0.1, 0.15) is 13.2 Å². The van der Waals surface area contributed by atoms with E-state index < -0.39 is 0 Å². The van der Waals surface area contributed by atoms with Gasteiger partial charge in [0, 0.05) is 36.3 Å². The Balaban J connectivity index is 1.44. The molecule has 0 fully saturated rings. The molecular weight excluding hydrogens is 318 g/mol. The number of carbonyl (C=O) groups is 1. The van der Waals surface area contributed by atoms with E-state index in [-0.39, 0.29) is 5.91 Å². The molecular formula is C19H17N3O3. The van der Waals surface area contributed by atoms with Gasteiger partial charge in [-0.1, -0.05) is 12.1 Å². The van der Waals surface area contributed by atoms with Crippen molar-refractivity contribution in [2.75, 3.05) is 18.5 Å². The minimum absolute atomic E-state index is 0.161. The zero-order valence-electron chi connectivity index (χ0n) is 13.5. The van der Waals surface area contributed by atoms with Crippen LogP contribution >= 0.6 is 0 Å². The van der Waals surface area contributed by atoms with Crippen LogP contribution < -0.4 is 14.8 Å². The third-order valence-corrected chi connectivity index (χ3v) is 3.94. The van der Waals surface area contributed by atoms with Gasteiger partial charge in [0.25, 0.3) is 5.91 Å². The van der Waals surface area contributed by atoms with Gasteiger partial charge >= 0.3 is 0 Å². The number of carbonyl (C=O) groups excluding carboxylic acids is 1. The fourth-order valence-corrected chi connectivity index (χ4v) is 2.68. The first kappa shape index (κ1) is 15.3. The molecule has 0 spiro atoms. The van der Waals surface area contributed by atoms with E-state index in [0.717, 1.165) is 12.1 Å². The molecule has 0 bridgehead atoms. The highest BCUT2D eigenvalue weighted by Crippen LogP contribution is 2.32. The molecule has 4 rings (SSSR count). The fourth-order valence-electron chi connectivity index (χ4n) is 2.68. The number of anilines is 1. The lowest BCUT2D eigenvalue weighted by Crippen LogP contribution is -2.16. The van der Waals surface area contributed by atoms with Crippen LogP contribution in [-0.4, -0.2) is 28.7 Å². The largest absolute Gasteiger partial charge is 0.486 e. The Kier molecular flexibility index (Phi) is 4.08. The van der Waals surface area contributed by atoms with E-state index in [1.807, 2.05) is 35.0 Å². The van der Waals surface area contributed by atoms with Gasteiger partial charge in [-0.2, -0.15) is 0 Å². The van der Waals surface area contributed by atoms with Crippen molar-refractivity contribution in [1.29, 1.82) is 0 Å². The molecule has 1 N–H and O–H groups in total. The van der Waals surface area contributed by atoms with Crippen LogP contribution in [0.3, 0.4) is 0 Å². The summed E-state index contributed by atoms with van der Waals surface area (Å²) in [6.07, 6.45) is 5.42. The molecule has 0 saturated carbocycles. The quantitative estimate of drug-likeness (QED) is 0.796. The van der Waals surface area contributed by atoms with E-state index in [9.17, 15) is 4.79 Å². The lowest BCUT2D eigenvalue weighted by molar-refractivity contribution is 0.102. The van der Waals surface area contributed by atoms with Gasteiger partial charge < -0.3 is 19.4 Å². The Morgan fingerprint density at radius 1 is 1.08 bits per heavy atom. The van der Waals surface area contributed by atoms with Gasteiger partial charge in [0.05, 0.1) is 6.33 Å². The zero-order valence-corrected chi connectivity index (χ0v) is 13.5. The van der Waals surface area contributed by atoms with Crippen LogP contribution in [0, 0.1) is 0 Å². The average Bonchev–Trinajstić information content (AvgIpc) is 3.15. The summed E-state index contributed by atoms with van der Waals surface area (Å²) in [4.78, 5) is 16.4. The molecule has 1 amide bonds. The van der Waals surface area contributed by atoms with E-state index in [0.29, 0.717) is 36.0 Å². The van der Waals surface area contributed by atoms with E-state index >= 15 is 0 Å². The summed E-state index contributed by atoms with van der Waals surface area (Å²) in [5.41, 5.74) is 2.38. The summed E-state index contributed by atoms with van der Waals surface area (Å²) < 4.78 is 13.0. The number of nitrogens with zero attached hydrogens (tertiary/aromatic N) is 2. The number of amides is 1. The maximum absolute atomic E-state index is 12.4. The van der Waals surface area contributed by atoms with Gasteiger partial charge in [-0.15, -0.1) is 0 Å². The second-order valence-corrected chi connectivity index (χ2v) is 5.74. The molecule has 0 unspecified atom stereocenters. The Morgan fingerprint density at radius 2 is 1.88 bits per heavy atom. The first-order valence-electron chi connectivity index (χ1n) is 8.04. The van der Waals surface area contributed by atoms with E-state index in [4.69, 9.17) is 9.47 Å². The summed E-state index contributed by atoms with van der Waals surface area (Å²) in [6, 6.07) is 12.9. The molecule has 6 nitrogen and oxygen atoms in total. The van der Waals surface area contributed by atoms with Gasteiger partial charge in [-0.05, 0) is 29.8 Å². The monoisotopic (exact) mass is 335 g/mol. The van der Waals surface area contributed by atoms with Crippen LogP contribution in [0.1, 0.15) is 15.9 Å². The smallest absolute Gasteiger partial charge is 0.255 e. The molecule has 0 radical (unpaired) electrons. The number of rotatable bonds is 4. The average molecular weight is 335 g/mol. The second kappa shape index (κ2) is 6.68. The predicted octanol–water partition coefficient (Wildman–Crippen LogP) is 2.95. The maximum Gasteiger partial charge on any atom is 0.255 e. The van der Waals surface area contributed by atoms with Gasteiger partial charge in [0.15, 0.2) is 11.5 Å². The minimum Gasteiger partial charge on any atom is -0.486 e. The van der Waals surface area contributed by atoms with Crippen molar-refractivity contribution in [3.8, 4) is 11.5 Å². The summed E-state index contributed by atoms with van der Waals surface area (Å²) >= 11 is 0. The molecule has 6 heteroatoms. The van der Waals surface area contributed by atoms with Gasteiger partial charge in [0.2, 0.25) is 0 Å². The number of ether oxygens (including phenoxy) is 2. The van der Waals surface area contributed by atoms with Crippen LogP contribution in [0.15, 0.2) is 61.2 Å². The highest BCUT2D eigenvalue weighted by atomic mass is 16.6. The van der Waals surface area contributed by atoms with Crippen LogP contribution in [-0.2, 0) is 6.54 Å². The van der Waals surface area contributed by atoms with Crippen molar-refractivity contribution in [3.63, 3.8) is 0 Å². The molecule has 2 aromatic carbocycles. The third kappa shape index (κ3) is 3.47. The SMILES string of the molecule is O=C(Nc1ccc2c(c1)OCCO2)c1ccc(Cn2ccnc2)cc1. The summed E-state index contributed by atoms with van der Waals surface area (Å²) in [7, 11) is 0. The molecule has 126 valence electrons. The normalized spacial score (nSPS) is 12.6. The second-order valence-electron chi connectivity index (χ2n) is 5.74. The minimum atomic E-state index is -0.161. The standard InChI is InChI=1S/C19H17N3O3/c23-19(21-16-5-6-17-18(11-16)25-10-9-24-17)15-3-1-14(2-4-15)12-22-8-7-20-13-22/h1-8,11,13H,9-10,12H2,(H,21,23). The molecule has 2 heterocycles. The van der Waals surface area contributed by atoms with Crippen LogP contribution in [0.4, 0.5) is 5.69 Å². The molecule has 3 aromatic rings. The summed E-state index contributed by atoms with van der Waals surface area (Å²) in [5.74, 6) is 1.19. The Bertz CT molecular complexity index is 873. The highest BCUT2D eigenvalue weighted by molar-refractivity contribution is 6.04. The van der Waals surface area contributed by atoms with Crippen molar-refractivity contribution in [1.82, 2.24) is 9.55 Å². The first-order valence-corrected chi connectivity index (χ1v) is 8.04. The maximum atomic E-state index is 12.4. The third-order valence-electron chi connectivity index (χ3n) is 3.94. The number of benzene rings is 2. The first-order chi connectivity index (χ1) is 12.3. The molecule has 1 aliphatic heterocycles. The molecule has 1 aromatic heterocycles. The number of aromatic nitrogens is 2. The lowest BCUT2D eigenvalue weighted by Gasteiger charge is -2.19. The van der Waals surface area contributed by atoms with E-state index in [2.05, 4.69) is 10.3 Å². The van der Waals surface area contributed by atoms with Crippen molar-refractivity contribution < 1.29 is 14.3 Å². The van der Waals surface area contributed by atoms with E-state index in [1.165, 1.54) is 0 Å². The van der Waals surface area contributed by atoms with Crippen LogP contribution in [0.2, 0.25) is 0 Å². The van der Waals surface area contributed by atoms with E-state index in [1.54, 1.807) is 30.7 Å². The fraction of sp³-hybridized carbons (Fsp3) is 0.158. The number of imidazole rings is 1. The molecule has 0 atom stereocenters. The number of nitrogens with one attached hydrogen (secondary N) is 1. The number of hydrogen-bond donors (Lipinski definition) is 1. The molecule has 0 saturated heterocycles.